The number of hydrogen-bond acceptors (Lipinski definition) is 4. The Morgan fingerprint density at radius 1 is 1.37 bits per heavy atom. The molecule has 0 saturated carbocycles. The van der Waals surface area contributed by atoms with Crippen LogP contribution in [0.4, 0.5) is 0 Å². The number of fused-ring (bicyclic) bond motifs is 1. The van der Waals surface area contributed by atoms with Crippen molar-refractivity contribution in [1.29, 1.82) is 0 Å². The van der Waals surface area contributed by atoms with E-state index in [4.69, 9.17) is 9.47 Å². The Labute approximate surface area is 112 Å². The Morgan fingerprint density at radius 3 is 2.79 bits per heavy atom. The predicted octanol–water partition coefficient (Wildman–Crippen LogP) is -1.22. The van der Waals surface area contributed by atoms with E-state index in [0.29, 0.717) is 26.3 Å². The van der Waals surface area contributed by atoms with Gasteiger partial charge in [-0.2, -0.15) is 0 Å². The van der Waals surface area contributed by atoms with Gasteiger partial charge in [-0.15, -0.1) is 0 Å². The van der Waals surface area contributed by atoms with Crippen LogP contribution in [-0.4, -0.2) is 32.3 Å². The second-order valence-electron chi connectivity index (χ2n) is 4.45. The minimum atomic E-state index is -1.06. The van der Waals surface area contributed by atoms with E-state index in [-0.39, 0.29) is 6.54 Å². The van der Waals surface area contributed by atoms with Gasteiger partial charge in [-0.3, -0.25) is 0 Å². The van der Waals surface area contributed by atoms with Crippen molar-refractivity contribution in [3.63, 3.8) is 0 Å². The molecule has 5 heteroatoms. The molecule has 1 N–H and O–H groups in total. The zero-order chi connectivity index (χ0) is 13.7. The van der Waals surface area contributed by atoms with Crippen molar-refractivity contribution in [2.45, 2.75) is 6.54 Å². The molecule has 1 aromatic rings. The molecule has 0 saturated heterocycles. The van der Waals surface area contributed by atoms with Crippen molar-refractivity contribution in [2.24, 2.45) is 0 Å². The van der Waals surface area contributed by atoms with Gasteiger partial charge in [0.05, 0.1) is 12.5 Å². The summed E-state index contributed by atoms with van der Waals surface area (Å²) in [6.45, 7) is 5.85. The molecule has 0 amide bonds. The average molecular weight is 263 g/mol. The van der Waals surface area contributed by atoms with Crippen LogP contribution in [0, 0.1) is 0 Å². The maximum Gasteiger partial charge on any atom is 0.161 e. The van der Waals surface area contributed by atoms with Crippen LogP contribution in [0.2, 0.25) is 0 Å². The lowest BCUT2D eigenvalue weighted by atomic mass is 10.1. The third kappa shape index (κ3) is 3.72. The zero-order valence-electron chi connectivity index (χ0n) is 10.7. The number of carbonyl (C=O) groups excluding carboxylic acids is 1. The van der Waals surface area contributed by atoms with Crippen molar-refractivity contribution >= 4 is 5.97 Å². The second-order valence-corrected chi connectivity index (χ2v) is 4.45. The number of hydrogen-bond donors (Lipinski definition) is 1. The highest BCUT2D eigenvalue weighted by Gasteiger charge is 2.14. The summed E-state index contributed by atoms with van der Waals surface area (Å²) in [4.78, 5) is 11.6. The molecule has 102 valence electrons. The number of carboxylic acid groups (broad SMARTS) is 1. The number of carbonyl (C=O) groups is 1. The molecule has 0 aromatic heterocycles. The molecule has 0 radical (unpaired) electrons. The molecule has 1 aromatic carbocycles. The summed E-state index contributed by atoms with van der Waals surface area (Å²) in [7, 11) is 0. The normalized spacial score (nSPS) is 14.7. The Bertz CT molecular complexity index is 473. The first-order valence-corrected chi connectivity index (χ1v) is 6.22. The molecule has 0 bridgehead atoms. The van der Waals surface area contributed by atoms with E-state index in [2.05, 4.69) is 6.58 Å². The molecule has 1 unspecified atom stereocenters. The van der Waals surface area contributed by atoms with Gasteiger partial charge in [-0.1, -0.05) is 6.58 Å². The standard InChI is InChI=1S/C14H17NO4/c1-2-5-15(10-14(16)17)9-11-3-4-12-13(8-11)19-7-6-18-12/h2-4,8H,1,5-7,9-10H2,(H,16,17). The van der Waals surface area contributed by atoms with E-state index in [0.717, 1.165) is 22.0 Å². The number of rotatable bonds is 6. The first-order chi connectivity index (χ1) is 9.19. The van der Waals surface area contributed by atoms with E-state index in [1.54, 1.807) is 6.08 Å². The fourth-order valence-corrected chi connectivity index (χ4v) is 2.10. The molecule has 2 rings (SSSR count). The molecular weight excluding hydrogens is 246 g/mol. The minimum absolute atomic E-state index is 0.0412. The number of carboxylic acids is 1. The van der Waals surface area contributed by atoms with Gasteiger partial charge in [-0.25, -0.2) is 0 Å². The third-order valence-corrected chi connectivity index (χ3v) is 2.89. The summed E-state index contributed by atoms with van der Waals surface area (Å²) >= 11 is 0. The monoisotopic (exact) mass is 263 g/mol. The van der Waals surface area contributed by atoms with E-state index in [9.17, 15) is 9.90 Å². The lowest BCUT2D eigenvalue weighted by Crippen LogP contribution is -3.11. The van der Waals surface area contributed by atoms with Gasteiger partial charge < -0.3 is 24.3 Å². The maximum atomic E-state index is 10.7. The van der Waals surface area contributed by atoms with E-state index in [1.807, 2.05) is 18.2 Å². The number of nitrogens with one attached hydrogen (secondary N) is 1. The van der Waals surface area contributed by atoms with Crippen molar-refractivity contribution in [3.05, 3.63) is 36.4 Å². The zero-order valence-corrected chi connectivity index (χ0v) is 10.7. The number of aliphatic carboxylic acids is 1. The van der Waals surface area contributed by atoms with Crippen LogP contribution in [0.5, 0.6) is 11.5 Å². The van der Waals surface area contributed by atoms with Crippen LogP contribution in [0.25, 0.3) is 0 Å². The summed E-state index contributed by atoms with van der Waals surface area (Å²) in [5, 5.41) is 10.7. The van der Waals surface area contributed by atoms with Crippen LogP contribution in [0.1, 0.15) is 5.56 Å². The number of benzene rings is 1. The summed E-state index contributed by atoms with van der Waals surface area (Å²) < 4.78 is 10.9. The van der Waals surface area contributed by atoms with Gasteiger partial charge in [0.15, 0.2) is 11.5 Å². The highest BCUT2D eigenvalue weighted by Crippen LogP contribution is 2.30. The Hall–Kier alpha value is -2.01. The Balaban J connectivity index is 2.07. The first kappa shape index (κ1) is 13.4. The molecule has 1 aliphatic heterocycles. The second kappa shape index (κ2) is 6.24. The number of quaternary nitrogens is 1. The molecule has 0 fully saturated rings. The van der Waals surface area contributed by atoms with Crippen molar-refractivity contribution < 1.29 is 24.3 Å². The van der Waals surface area contributed by atoms with Crippen LogP contribution in [-0.2, 0) is 11.3 Å². The predicted molar refractivity (Wildman–Crippen MR) is 67.0 cm³/mol. The van der Waals surface area contributed by atoms with Crippen LogP contribution < -0.4 is 19.5 Å². The van der Waals surface area contributed by atoms with Crippen LogP contribution in [0.3, 0.4) is 0 Å². The van der Waals surface area contributed by atoms with E-state index >= 15 is 0 Å². The van der Waals surface area contributed by atoms with Crippen molar-refractivity contribution in [1.82, 2.24) is 0 Å². The lowest BCUT2D eigenvalue weighted by molar-refractivity contribution is -0.902. The average Bonchev–Trinajstić information content (AvgIpc) is 2.38. The molecular formula is C14H17NO4. The smallest absolute Gasteiger partial charge is 0.161 e. The number of ether oxygens (including phenoxy) is 2. The summed E-state index contributed by atoms with van der Waals surface area (Å²) in [5.41, 5.74) is 1.00. The molecule has 0 spiro atoms. The summed E-state index contributed by atoms with van der Waals surface area (Å²) in [6.07, 6.45) is 1.70. The largest absolute Gasteiger partial charge is 0.544 e. The highest BCUT2D eigenvalue weighted by molar-refractivity contribution is 5.65. The fraction of sp³-hybridized carbons (Fsp3) is 0.357. The van der Waals surface area contributed by atoms with Crippen molar-refractivity contribution in [3.8, 4) is 11.5 Å². The Morgan fingerprint density at radius 2 is 2.11 bits per heavy atom. The molecule has 1 heterocycles. The SMILES string of the molecule is C=CC[NH+](CC(=O)[O-])Cc1ccc2c(c1)OCCO2. The van der Waals surface area contributed by atoms with Gasteiger partial charge in [0.1, 0.15) is 26.3 Å². The minimum Gasteiger partial charge on any atom is -0.544 e. The Kier molecular flexibility index (Phi) is 4.41. The molecule has 1 aliphatic rings. The molecule has 0 aliphatic carbocycles. The fourth-order valence-electron chi connectivity index (χ4n) is 2.10. The van der Waals surface area contributed by atoms with Gasteiger partial charge in [0, 0.05) is 5.56 Å². The van der Waals surface area contributed by atoms with Gasteiger partial charge >= 0.3 is 0 Å². The van der Waals surface area contributed by atoms with Crippen LogP contribution in [0.15, 0.2) is 30.9 Å². The first-order valence-electron chi connectivity index (χ1n) is 6.22. The third-order valence-electron chi connectivity index (χ3n) is 2.89. The van der Waals surface area contributed by atoms with Crippen LogP contribution >= 0.6 is 0 Å². The van der Waals surface area contributed by atoms with Crippen molar-refractivity contribution in [2.75, 3.05) is 26.3 Å². The molecule has 1 atom stereocenters. The van der Waals surface area contributed by atoms with E-state index < -0.39 is 5.97 Å². The topological polar surface area (TPSA) is 63.0 Å². The maximum absolute atomic E-state index is 10.7. The van der Waals surface area contributed by atoms with Gasteiger partial charge in [-0.05, 0) is 24.3 Å². The summed E-state index contributed by atoms with van der Waals surface area (Å²) in [6, 6.07) is 5.67. The quantitative estimate of drug-likeness (QED) is 0.653. The van der Waals surface area contributed by atoms with Gasteiger partial charge in [0.2, 0.25) is 0 Å². The van der Waals surface area contributed by atoms with E-state index in [1.165, 1.54) is 0 Å². The molecule has 5 nitrogen and oxygen atoms in total. The molecule has 19 heavy (non-hydrogen) atoms. The lowest BCUT2D eigenvalue weighted by Gasteiger charge is -2.21. The summed E-state index contributed by atoms with van der Waals surface area (Å²) in [5.74, 6) is 0.393. The van der Waals surface area contributed by atoms with Gasteiger partial charge in [0.25, 0.3) is 0 Å². The highest BCUT2D eigenvalue weighted by atomic mass is 16.6.